The maximum atomic E-state index is 11.7. The van der Waals surface area contributed by atoms with Gasteiger partial charge in [0.1, 0.15) is 24.9 Å². The monoisotopic (exact) mass is 399 g/mol. The van der Waals surface area contributed by atoms with Crippen LogP contribution in [0.1, 0.15) is 16.7 Å². The van der Waals surface area contributed by atoms with E-state index in [1.54, 1.807) is 18.2 Å². The molecule has 30 heavy (non-hydrogen) atoms. The third kappa shape index (κ3) is 5.73. The van der Waals surface area contributed by atoms with E-state index in [-0.39, 0.29) is 5.57 Å². The topological polar surface area (TPSA) is 68.6 Å². The van der Waals surface area contributed by atoms with Crippen LogP contribution in [0.15, 0.2) is 84.4 Å². The highest BCUT2D eigenvalue weighted by Crippen LogP contribution is 2.31. The zero-order valence-electron chi connectivity index (χ0n) is 16.6. The molecule has 0 N–H and O–H groups in total. The molecule has 0 bridgehead atoms. The number of rotatable bonds is 8. The van der Waals surface area contributed by atoms with E-state index in [1.165, 1.54) is 13.2 Å². The van der Waals surface area contributed by atoms with Gasteiger partial charge in [0.15, 0.2) is 11.5 Å². The second-order valence-electron chi connectivity index (χ2n) is 6.42. The normalized spacial score (nSPS) is 10.7. The third-order valence-corrected chi connectivity index (χ3v) is 4.28. The van der Waals surface area contributed by atoms with Crippen LogP contribution in [0.25, 0.3) is 6.08 Å². The number of hydrogen-bond acceptors (Lipinski definition) is 5. The summed E-state index contributed by atoms with van der Waals surface area (Å²) in [5.74, 6) is 0.405. The van der Waals surface area contributed by atoms with Gasteiger partial charge in [-0.3, -0.25) is 0 Å². The number of carbonyl (C=O) groups is 1. The smallest absolute Gasteiger partial charge is 0.348 e. The molecule has 0 spiro atoms. The summed E-state index contributed by atoms with van der Waals surface area (Å²) < 4.78 is 16.6. The van der Waals surface area contributed by atoms with E-state index in [9.17, 15) is 10.1 Å². The van der Waals surface area contributed by atoms with Crippen molar-refractivity contribution in [3.8, 4) is 17.6 Å². The molecule has 0 amide bonds. The van der Waals surface area contributed by atoms with Gasteiger partial charge in [0.25, 0.3) is 0 Å². The van der Waals surface area contributed by atoms with Crippen molar-refractivity contribution in [3.05, 3.63) is 101 Å². The van der Waals surface area contributed by atoms with Crippen LogP contribution in [-0.4, -0.2) is 13.1 Å². The van der Waals surface area contributed by atoms with Crippen molar-refractivity contribution in [3.63, 3.8) is 0 Å². The molecule has 3 aromatic carbocycles. The van der Waals surface area contributed by atoms with Gasteiger partial charge in [0.2, 0.25) is 0 Å². The molecule has 0 unspecified atom stereocenters. The Bertz CT molecular complexity index is 1050. The highest BCUT2D eigenvalue weighted by atomic mass is 16.5. The van der Waals surface area contributed by atoms with Gasteiger partial charge in [-0.25, -0.2) is 4.79 Å². The number of hydrogen-bond donors (Lipinski definition) is 0. The summed E-state index contributed by atoms with van der Waals surface area (Å²) in [6.45, 7) is 0.751. The number of ether oxygens (including phenoxy) is 3. The molecule has 0 atom stereocenters. The van der Waals surface area contributed by atoms with Crippen LogP contribution < -0.4 is 9.47 Å². The minimum absolute atomic E-state index is 0.0931. The Morgan fingerprint density at radius 1 is 0.867 bits per heavy atom. The van der Waals surface area contributed by atoms with Crippen LogP contribution in [0.2, 0.25) is 0 Å². The zero-order valence-corrected chi connectivity index (χ0v) is 16.6. The molecule has 0 radical (unpaired) electrons. The molecule has 0 aliphatic heterocycles. The Labute approximate surface area is 175 Å². The highest BCUT2D eigenvalue weighted by Gasteiger charge is 2.11. The van der Waals surface area contributed by atoms with Gasteiger partial charge in [-0.15, -0.1) is 0 Å². The molecular weight excluding hydrogens is 378 g/mol. The lowest BCUT2D eigenvalue weighted by Crippen LogP contribution is -2.03. The van der Waals surface area contributed by atoms with Gasteiger partial charge in [0.05, 0.1) is 7.11 Å². The fourth-order valence-corrected chi connectivity index (χ4v) is 2.73. The Kier molecular flexibility index (Phi) is 7.23. The van der Waals surface area contributed by atoms with Crippen LogP contribution in [-0.2, 0) is 22.7 Å². The number of nitrogens with zero attached hydrogens (tertiary/aromatic N) is 1. The summed E-state index contributed by atoms with van der Waals surface area (Å²) in [7, 11) is 1.24. The standard InChI is InChI=1S/C25H21NO4/c1-28-25(27)22(16-26)14-21-12-13-23(29-17-19-8-4-2-5-9-19)24(15-21)30-18-20-10-6-3-7-11-20/h2-15H,17-18H2,1H3. The Morgan fingerprint density at radius 2 is 1.43 bits per heavy atom. The summed E-state index contributed by atoms with van der Waals surface area (Å²) >= 11 is 0. The maximum Gasteiger partial charge on any atom is 0.348 e. The first-order chi connectivity index (χ1) is 14.7. The highest BCUT2D eigenvalue weighted by molar-refractivity contribution is 5.97. The minimum Gasteiger partial charge on any atom is -0.485 e. The van der Waals surface area contributed by atoms with E-state index in [2.05, 4.69) is 4.74 Å². The van der Waals surface area contributed by atoms with E-state index in [4.69, 9.17) is 9.47 Å². The van der Waals surface area contributed by atoms with Gasteiger partial charge in [-0.2, -0.15) is 5.26 Å². The van der Waals surface area contributed by atoms with Crippen molar-refractivity contribution in [2.75, 3.05) is 7.11 Å². The average Bonchev–Trinajstić information content (AvgIpc) is 2.81. The van der Waals surface area contributed by atoms with E-state index in [0.29, 0.717) is 30.3 Å². The number of nitriles is 1. The fraction of sp³-hybridized carbons (Fsp3) is 0.120. The first-order valence-electron chi connectivity index (χ1n) is 9.37. The molecule has 0 fully saturated rings. The Balaban J connectivity index is 1.85. The fourth-order valence-electron chi connectivity index (χ4n) is 2.73. The van der Waals surface area contributed by atoms with Crippen molar-refractivity contribution in [1.29, 1.82) is 5.26 Å². The van der Waals surface area contributed by atoms with Crippen molar-refractivity contribution >= 4 is 12.0 Å². The summed E-state index contributed by atoms with van der Waals surface area (Å²) in [5.41, 5.74) is 2.59. The van der Waals surface area contributed by atoms with Gasteiger partial charge < -0.3 is 14.2 Å². The summed E-state index contributed by atoms with van der Waals surface area (Å²) in [6.07, 6.45) is 1.46. The largest absolute Gasteiger partial charge is 0.485 e. The van der Waals surface area contributed by atoms with Gasteiger partial charge >= 0.3 is 5.97 Å². The molecule has 5 heteroatoms. The molecular formula is C25H21NO4. The molecule has 0 heterocycles. The molecule has 0 saturated carbocycles. The lowest BCUT2D eigenvalue weighted by molar-refractivity contribution is -0.135. The summed E-state index contributed by atoms with van der Waals surface area (Å²) in [6, 6.07) is 26.7. The molecule has 3 rings (SSSR count). The lowest BCUT2D eigenvalue weighted by atomic mass is 10.1. The first-order valence-corrected chi connectivity index (χ1v) is 9.37. The van der Waals surface area contributed by atoms with E-state index in [1.807, 2.05) is 66.7 Å². The van der Waals surface area contributed by atoms with Gasteiger partial charge in [-0.1, -0.05) is 66.7 Å². The Hall–Kier alpha value is -4.04. The molecule has 150 valence electrons. The third-order valence-electron chi connectivity index (χ3n) is 4.28. The SMILES string of the molecule is COC(=O)C(C#N)=Cc1ccc(OCc2ccccc2)c(OCc2ccccc2)c1. The average molecular weight is 399 g/mol. The number of benzene rings is 3. The van der Waals surface area contributed by atoms with Crippen molar-refractivity contribution in [2.24, 2.45) is 0 Å². The molecule has 3 aromatic rings. The molecule has 0 aliphatic carbocycles. The summed E-state index contributed by atoms with van der Waals surface area (Å²) in [5, 5.41) is 9.20. The minimum atomic E-state index is -0.686. The lowest BCUT2D eigenvalue weighted by Gasteiger charge is -2.14. The maximum absolute atomic E-state index is 11.7. The zero-order chi connectivity index (χ0) is 21.2. The summed E-state index contributed by atoms with van der Waals surface area (Å²) in [4.78, 5) is 11.7. The Morgan fingerprint density at radius 3 is 1.97 bits per heavy atom. The van der Waals surface area contributed by atoms with Crippen molar-refractivity contribution < 1.29 is 19.0 Å². The second kappa shape index (κ2) is 10.5. The van der Waals surface area contributed by atoms with Gasteiger partial charge in [0, 0.05) is 0 Å². The predicted octanol–water partition coefficient (Wildman–Crippen LogP) is 4.92. The number of carbonyl (C=O) groups excluding carboxylic acids is 1. The van der Waals surface area contributed by atoms with Crippen LogP contribution in [0.5, 0.6) is 11.5 Å². The van der Waals surface area contributed by atoms with E-state index in [0.717, 1.165) is 11.1 Å². The molecule has 5 nitrogen and oxygen atoms in total. The van der Waals surface area contributed by atoms with Crippen LogP contribution in [0, 0.1) is 11.3 Å². The molecule has 0 aliphatic rings. The van der Waals surface area contributed by atoms with E-state index < -0.39 is 5.97 Å². The van der Waals surface area contributed by atoms with E-state index >= 15 is 0 Å². The quantitative estimate of drug-likeness (QED) is 0.305. The number of esters is 1. The van der Waals surface area contributed by atoms with Crippen molar-refractivity contribution in [1.82, 2.24) is 0 Å². The predicted molar refractivity (Wildman–Crippen MR) is 114 cm³/mol. The van der Waals surface area contributed by atoms with Crippen LogP contribution in [0.3, 0.4) is 0 Å². The second-order valence-corrected chi connectivity index (χ2v) is 6.42. The molecule has 0 saturated heterocycles. The van der Waals surface area contributed by atoms with Gasteiger partial charge in [-0.05, 0) is 34.9 Å². The van der Waals surface area contributed by atoms with Crippen LogP contribution in [0.4, 0.5) is 0 Å². The molecule has 0 aromatic heterocycles. The van der Waals surface area contributed by atoms with Crippen molar-refractivity contribution in [2.45, 2.75) is 13.2 Å². The first kappa shape index (κ1) is 20.7. The van der Waals surface area contributed by atoms with Crippen LogP contribution >= 0.6 is 0 Å². The number of methoxy groups -OCH3 is 1.